The van der Waals surface area contributed by atoms with E-state index in [1.54, 1.807) is 0 Å². The topological polar surface area (TPSA) is 102 Å². The van der Waals surface area contributed by atoms with Gasteiger partial charge in [-0.15, -0.1) is 0 Å². The number of ether oxygens (including phenoxy) is 3. The van der Waals surface area contributed by atoms with Gasteiger partial charge in [0.15, 0.2) is 6.10 Å². The molecule has 1 aliphatic heterocycles. The SMILES string of the molecule is COC(=O)CC[C@]1(C)[C@H]2CC[C@]3(C)C(=CC[C@H]3[C@H]3CO[C@H](C=C(C)C)C3)[C@]2(C)[C@H](OC(=O)[C@H](O)C(C)C)C[C@H]1C(C)(C)O. The van der Waals surface area contributed by atoms with Crippen LogP contribution in [0.4, 0.5) is 0 Å². The molecule has 10 atom stereocenters. The van der Waals surface area contributed by atoms with E-state index in [2.05, 4.69) is 46.8 Å². The molecule has 2 N–H and O–H groups in total. The summed E-state index contributed by atoms with van der Waals surface area (Å²) in [7, 11) is 1.42. The molecular weight excluding hydrogens is 544 g/mol. The van der Waals surface area contributed by atoms with Crippen molar-refractivity contribution in [2.45, 2.75) is 131 Å². The van der Waals surface area contributed by atoms with Gasteiger partial charge in [-0.05, 0) is 107 Å². The third-order valence-corrected chi connectivity index (χ3v) is 12.2. The molecule has 0 spiro atoms. The molecule has 0 aromatic heterocycles. The van der Waals surface area contributed by atoms with Gasteiger partial charge in [-0.25, -0.2) is 4.79 Å². The van der Waals surface area contributed by atoms with Crippen molar-refractivity contribution in [3.8, 4) is 0 Å². The van der Waals surface area contributed by atoms with Gasteiger partial charge in [-0.2, -0.15) is 0 Å². The number of aliphatic hydroxyl groups is 2. The molecule has 1 heterocycles. The number of carbonyl (C=O) groups is 2. The molecule has 4 rings (SSSR count). The summed E-state index contributed by atoms with van der Waals surface area (Å²) in [5.41, 5.74) is 0.555. The minimum Gasteiger partial charge on any atom is -0.469 e. The Morgan fingerprint density at radius 3 is 2.44 bits per heavy atom. The summed E-state index contributed by atoms with van der Waals surface area (Å²) in [6.07, 6.45) is 8.29. The Bertz CT molecular complexity index is 1110. The second-order valence-corrected chi connectivity index (χ2v) is 16.0. The molecule has 244 valence electrons. The van der Waals surface area contributed by atoms with Gasteiger partial charge < -0.3 is 24.4 Å². The lowest BCUT2D eigenvalue weighted by atomic mass is 9.39. The first kappa shape index (κ1) is 34.2. The number of fused-ring (bicyclic) bond motifs is 3. The first-order chi connectivity index (χ1) is 19.9. The van der Waals surface area contributed by atoms with E-state index in [0.29, 0.717) is 24.7 Å². The van der Waals surface area contributed by atoms with Crippen molar-refractivity contribution in [2.24, 2.45) is 45.8 Å². The molecule has 2 saturated carbocycles. The molecule has 0 bridgehead atoms. The van der Waals surface area contributed by atoms with E-state index < -0.39 is 34.6 Å². The van der Waals surface area contributed by atoms with Gasteiger partial charge in [0.25, 0.3) is 0 Å². The van der Waals surface area contributed by atoms with E-state index in [1.807, 2.05) is 27.7 Å². The van der Waals surface area contributed by atoms with Gasteiger partial charge in [-0.1, -0.05) is 57.9 Å². The van der Waals surface area contributed by atoms with E-state index in [1.165, 1.54) is 18.3 Å². The van der Waals surface area contributed by atoms with Crippen LogP contribution in [0.25, 0.3) is 0 Å². The third kappa shape index (κ3) is 6.12. The summed E-state index contributed by atoms with van der Waals surface area (Å²) in [6.45, 7) is 19.2. The highest BCUT2D eigenvalue weighted by Crippen LogP contribution is 2.72. The summed E-state index contributed by atoms with van der Waals surface area (Å²) in [5.74, 6) is -0.406. The summed E-state index contributed by atoms with van der Waals surface area (Å²) < 4.78 is 17.7. The van der Waals surface area contributed by atoms with Crippen molar-refractivity contribution in [2.75, 3.05) is 13.7 Å². The Morgan fingerprint density at radius 2 is 1.86 bits per heavy atom. The molecule has 3 aliphatic carbocycles. The summed E-state index contributed by atoms with van der Waals surface area (Å²) >= 11 is 0. The van der Waals surface area contributed by atoms with E-state index >= 15 is 0 Å². The quantitative estimate of drug-likeness (QED) is 0.232. The second-order valence-electron chi connectivity index (χ2n) is 16.0. The minimum atomic E-state index is -1.21. The molecule has 0 aromatic carbocycles. The number of rotatable bonds is 9. The van der Waals surface area contributed by atoms with Gasteiger partial charge in [0.05, 0.1) is 25.4 Å². The summed E-state index contributed by atoms with van der Waals surface area (Å²) in [6, 6.07) is 0. The molecule has 43 heavy (non-hydrogen) atoms. The maximum atomic E-state index is 13.4. The number of hydrogen-bond donors (Lipinski definition) is 2. The van der Waals surface area contributed by atoms with E-state index in [-0.39, 0.29) is 41.7 Å². The normalized spacial score (nSPS) is 39.9. The molecule has 7 heteroatoms. The summed E-state index contributed by atoms with van der Waals surface area (Å²) in [4.78, 5) is 25.8. The monoisotopic (exact) mass is 602 g/mol. The Balaban J connectivity index is 1.77. The number of hydrogen-bond acceptors (Lipinski definition) is 7. The average molecular weight is 603 g/mol. The fourth-order valence-corrected chi connectivity index (χ4v) is 10.1. The zero-order chi connectivity index (χ0) is 32.1. The highest BCUT2D eigenvalue weighted by molar-refractivity contribution is 5.75. The molecule has 4 aliphatic rings. The van der Waals surface area contributed by atoms with Crippen LogP contribution in [-0.2, 0) is 23.8 Å². The van der Waals surface area contributed by atoms with E-state index in [0.717, 1.165) is 32.3 Å². The Labute approximate surface area is 259 Å². The van der Waals surface area contributed by atoms with Crippen molar-refractivity contribution >= 4 is 11.9 Å². The highest BCUT2D eigenvalue weighted by atomic mass is 16.6. The van der Waals surface area contributed by atoms with Gasteiger partial charge in [0.1, 0.15) is 6.10 Å². The lowest BCUT2D eigenvalue weighted by Gasteiger charge is -2.66. The number of carbonyl (C=O) groups excluding carboxylic acids is 2. The fourth-order valence-electron chi connectivity index (χ4n) is 10.1. The van der Waals surface area contributed by atoms with E-state index in [9.17, 15) is 19.8 Å². The molecule has 0 radical (unpaired) electrons. The molecule has 0 aromatic rings. The standard InChI is InChI=1S/C36H58O7/c1-21(2)17-24-18-23(20-42-24)25-11-12-26-34(25,7)15-13-27-35(8,16-14-30(37)41-10)28(33(5,6)40)19-29(36(26,27)9)43-32(39)31(38)22(3)4/h12,17,22-25,27-29,31,38,40H,11,13-16,18-20H2,1-10H3/t23-,24-,25+,27-,28+,29-,31-,34+,35-,36+/m1/s1. The van der Waals surface area contributed by atoms with Crippen molar-refractivity contribution < 1.29 is 34.0 Å². The fraction of sp³-hybridized carbons (Fsp3) is 0.833. The van der Waals surface area contributed by atoms with Crippen molar-refractivity contribution in [3.05, 3.63) is 23.3 Å². The van der Waals surface area contributed by atoms with Crippen molar-refractivity contribution in [1.29, 1.82) is 0 Å². The van der Waals surface area contributed by atoms with Crippen LogP contribution < -0.4 is 0 Å². The lowest BCUT2D eigenvalue weighted by molar-refractivity contribution is -0.214. The van der Waals surface area contributed by atoms with Crippen LogP contribution >= 0.6 is 0 Å². The Kier molecular flexibility index (Phi) is 9.73. The smallest absolute Gasteiger partial charge is 0.335 e. The zero-order valence-electron chi connectivity index (χ0n) is 28.4. The number of esters is 2. The van der Waals surface area contributed by atoms with Gasteiger partial charge >= 0.3 is 11.9 Å². The van der Waals surface area contributed by atoms with Crippen LogP contribution in [0.2, 0.25) is 0 Å². The van der Waals surface area contributed by atoms with Crippen LogP contribution in [0.1, 0.15) is 107 Å². The van der Waals surface area contributed by atoms with Crippen molar-refractivity contribution in [1.82, 2.24) is 0 Å². The van der Waals surface area contributed by atoms with Crippen LogP contribution in [0.3, 0.4) is 0 Å². The third-order valence-electron chi connectivity index (χ3n) is 12.2. The van der Waals surface area contributed by atoms with Gasteiger partial charge in [-0.3, -0.25) is 4.79 Å². The molecule has 1 saturated heterocycles. The lowest BCUT2D eigenvalue weighted by Crippen LogP contribution is -2.64. The Morgan fingerprint density at radius 1 is 1.19 bits per heavy atom. The summed E-state index contributed by atoms with van der Waals surface area (Å²) in [5, 5.41) is 22.3. The predicted molar refractivity (Wildman–Crippen MR) is 167 cm³/mol. The minimum absolute atomic E-state index is 0.0557. The van der Waals surface area contributed by atoms with Crippen LogP contribution in [0, 0.1) is 45.8 Å². The van der Waals surface area contributed by atoms with Gasteiger partial charge in [0.2, 0.25) is 0 Å². The van der Waals surface area contributed by atoms with Crippen LogP contribution in [-0.4, -0.2) is 59.8 Å². The van der Waals surface area contributed by atoms with Gasteiger partial charge in [0, 0.05) is 11.8 Å². The van der Waals surface area contributed by atoms with Crippen molar-refractivity contribution in [3.63, 3.8) is 0 Å². The number of aliphatic hydroxyl groups excluding tert-OH is 1. The zero-order valence-corrected chi connectivity index (χ0v) is 28.4. The Hall–Kier alpha value is -1.70. The average Bonchev–Trinajstić information content (AvgIpc) is 3.51. The number of allylic oxidation sites excluding steroid dienone is 2. The first-order valence-corrected chi connectivity index (χ1v) is 16.5. The first-order valence-electron chi connectivity index (χ1n) is 16.5. The molecule has 7 nitrogen and oxygen atoms in total. The molecule has 0 unspecified atom stereocenters. The maximum absolute atomic E-state index is 13.4. The van der Waals surface area contributed by atoms with E-state index in [4.69, 9.17) is 14.2 Å². The largest absolute Gasteiger partial charge is 0.469 e. The highest BCUT2D eigenvalue weighted by Gasteiger charge is 2.68. The molecular formula is C36H58O7. The molecule has 3 fully saturated rings. The second kappa shape index (κ2) is 12.2. The molecule has 0 amide bonds. The maximum Gasteiger partial charge on any atom is 0.335 e. The van der Waals surface area contributed by atoms with Crippen LogP contribution in [0.15, 0.2) is 23.3 Å². The van der Waals surface area contributed by atoms with Crippen LogP contribution in [0.5, 0.6) is 0 Å². The number of methoxy groups -OCH3 is 1. The predicted octanol–water partition coefficient (Wildman–Crippen LogP) is 6.41.